The van der Waals surface area contributed by atoms with Crippen LogP contribution >= 0.6 is 0 Å². The van der Waals surface area contributed by atoms with Gasteiger partial charge in [0, 0.05) is 24.9 Å². The van der Waals surface area contributed by atoms with Gasteiger partial charge >= 0.3 is 11.8 Å². The van der Waals surface area contributed by atoms with Gasteiger partial charge in [0.2, 0.25) is 0 Å². The van der Waals surface area contributed by atoms with Crippen LogP contribution in [0, 0.1) is 5.82 Å². The van der Waals surface area contributed by atoms with E-state index in [1.165, 1.54) is 11.2 Å². The molecule has 0 saturated heterocycles. The van der Waals surface area contributed by atoms with Crippen LogP contribution in [-0.2, 0) is 6.42 Å². The maximum atomic E-state index is 15.3. The van der Waals surface area contributed by atoms with Crippen LogP contribution in [0.15, 0.2) is 63.8 Å². The number of imidazole rings is 1. The number of H-pyrrole nitrogens is 1. The van der Waals surface area contributed by atoms with Crippen molar-refractivity contribution in [1.29, 1.82) is 0 Å². The van der Waals surface area contributed by atoms with E-state index in [4.69, 9.17) is 8.83 Å². The molecular formula is C22H15FN6O3. The van der Waals surface area contributed by atoms with Crippen LogP contribution in [0.5, 0.6) is 0 Å². The molecule has 4 aromatic heterocycles. The predicted molar refractivity (Wildman–Crippen MR) is 109 cm³/mol. The molecule has 6 rings (SSSR count). The number of carbonyl (C=O) groups is 1. The standard InChI is InChI=1S/C22H15FN6O3/c23-16-12-5-1-2-7-15(12)31-19(16)18-17-13(25-11-26-17)8-10-29(18)22(30)21-28-27-20(32-21)14-6-3-4-9-24-14/h1-7,9,11,18H,8,10H2,(H,25,26)/t18-/m1/s1. The number of rotatable bonds is 3. The first-order chi connectivity index (χ1) is 15.7. The number of nitrogens with zero attached hydrogens (tertiary/aromatic N) is 5. The van der Waals surface area contributed by atoms with Crippen molar-refractivity contribution in [3.05, 3.63) is 83.8 Å². The molecule has 1 N–H and O–H groups in total. The van der Waals surface area contributed by atoms with Gasteiger partial charge in [0.15, 0.2) is 11.6 Å². The maximum Gasteiger partial charge on any atom is 0.312 e. The SMILES string of the molecule is O=C(c1nnc(-c2ccccn2)o1)N1CCc2[nH]cnc2[C@@H]1c1oc2ccccc2c1F. The average Bonchev–Trinajstić information content (AvgIpc) is 3.58. The Morgan fingerprint density at radius 1 is 1.09 bits per heavy atom. The van der Waals surface area contributed by atoms with Crippen molar-refractivity contribution in [2.24, 2.45) is 0 Å². The number of carbonyl (C=O) groups excluding carboxylic acids is 1. The third-order valence-electron chi connectivity index (χ3n) is 5.49. The van der Waals surface area contributed by atoms with Crippen molar-refractivity contribution in [2.45, 2.75) is 12.5 Å². The van der Waals surface area contributed by atoms with Gasteiger partial charge in [0.1, 0.15) is 17.3 Å². The van der Waals surface area contributed by atoms with Crippen molar-refractivity contribution < 1.29 is 18.0 Å². The van der Waals surface area contributed by atoms with E-state index in [0.717, 1.165) is 5.69 Å². The number of furan rings is 1. The lowest BCUT2D eigenvalue weighted by Gasteiger charge is -2.32. The first kappa shape index (κ1) is 18.4. The second-order valence-electron chi connectivity index (χ2n) is 7.32. The first-order valence-electron chi connectivity index (χ1n) is 9.95. The number of fused-ring (bicyclic) bond motifs is 2. The Bertz CT molecular complexity index is 1440. The largest absolute Gasteiger partial charge is 0.455 e. The normalized spacial score (nSPS) is 15.8. The van der Waals surface area contributed by atoms with Gasteiger partial charge in [-0.15, -0.1) is 10.2 Å². The van der Waals surface area contributed by atoms with Crippen LogP contribution in [0.1, 0.15) is 33.9 Å². The second-order valence-corrected chi connectivity index (χ2v) is 7.32. The molecule has 0 aliphatic carbocycles. The number of para-hydroxylation sites is 1. The van der Waals surface area contributed by atoms with Crippen LogP contribution in [0.4, 0.5) is 4.39 Å². The van der Waals surface area contributed by atoms with Crippen LogP contribution in [0.2, 0.25) is 0 Å². The summed E-state index contributed by atoms with van der Waals surface area (Å²) in [4.78, 5) is 26.4. The fourth-order valence-corrected chi connectivity index (χ4v) is 4.00. The summed E-state index contributed by atoms with van der Waals surface area (Å²) in [6, 6.07) is 11.2. The van der Waals surface area contributed by atoms with Gasteiger partial charge < -0.3 is 18.7 Å². The van der Waals surface area contributed by atoms with Gasteiger partial charge in [-0.05, 0) is 24.3 Å². The summed E-state index contributed by atoms with van der Waals surface area (Å²) in [7, 11) is 0. The van der Waals surface area contributed by atoms with Crippen LogP contribution < -0.4 is 0 Å². The molecule has 0 saturated carbocycles. The molecule has 5 heterocycles. The fourth-order valence-electron chi connectivity index (χ4n) is 4.00. The van der Waals surface area contributed by atoms with E-state index in [2.05, 4.69) is 25.1 Å². The van der Waals surface area contributed by atoms with Gasteiger partial charge in [-0.3, -0.25) is 9.78 Å². The van der Waals surface area contributed by atoms with Gasteiger partial charge in [-0.1, -0.05) is 18.2 Å². The molecule has 9 nitrogen and oxygen atoms in total. The zero-order valence-electron chi connectivity index (χ0n) is 16.5. The third kappa shape index (κ3) is 2.80. The number of hydrogen-bond donors (Lipinski definition) is 1. The molecule has 32 heavy (non-hydrogen) atoms. The highest BCUT2D eigenvalue weighted by Gasteiger charge is 2.40. The molecule has 158 valence electrons. The molecule has 0 radical (unpaired) electrons. The average molecular weight is 430 g/mol. The lowest BCUT2D eigenvalue weighted by atomic mass is 9.99. The number of halogens is 1. The van der Waals surface area contributed by atoms with Gasteiger partial charge in [-0.25, -0.2) is 9.37 Å². The molecule has 1 atom stereocenters. The van der Waals surface area contributed by atoms with E-state index in [1.54, 1.807) is 48.7 Å². The Hall–Kier alpha value is -4.34. The summed E-state index contributed by atoms with van der Waals surface area (Å²) in [6.45, 7) is 0.288. The van der Waals surface area contributed by atoms with Crippen molar-refractivity contribution in [1.82, 2.24) is 30.0 Å². The van der Waals surface area contributed by atoms with Crippen molar-refractivity contribution >= 4 is 16.9 Å². The van der Waals surface area contributed by atoms with Gasteiger partial charge in [-0.2, -0.15) is 0 Å². The van der Waals surface area contributed by atoms with E-state index in [0.29, 0.717) is 28.8 Å². The van der Waals surface area contributed by atoms with E-state index in [9.17, 15) is 4.79 Å². The Morgan fingerprint density at radius 2 is 1.97 bits per heavy atom. The minimum absolute atomic E-state index is 0.0112. The molecule has 1 amide bonds. The molecule has 0 bridgehead atoms. The minimum Gasteiger partial charge on any atom is -0.455 e. The number of aromatic nitrogens is 5. The molecule has 1 aliphatic heterocycles. The highest BCUT2D eigenvalue weighted by Crippen LogP contribution is 2.39. The molecule has 5 aromatic rings. The van der Waals surface area contributed by atoms with Gasteiger partial charge in [0.25, 0.3) is 5.89 Å². The Balaban J connectivity index is 1.43. The van der Waals surface area contributed by atoms with E-state index in [1.807, 2.05) is 0 Å². The van der Waals surface area contributed by atoms with E-state index in [-0.39, 0.29) is 24.1 Å². The zero-order valence-corrected chi connectivity index (χ0v) is 16.5. The number of aromatic amines is 1. The molecule has 1 aliphatic rings. The summed E-state index contributed by atoms with van der Waals surface area (Å²) in [5.74, 6) is -1.15. The second kappa shape index (κ2) is 7.12. The zero-order chi connectivity index (χ0) is 21.7. The maximum absolute atomic E-state index is 15.3. The number of hydrogen-bond acceptors (Lipinski definition) is 7. The summed E-state index contributed by atoms with van der Waals surface area (Å²) < 4.78 is 26.8. The lowest BCUT2D eigenvalue weighted by molar-refractivity contribution is 0.0628. The summed E-state index contributed by atoms with van der Waals surface area (Å²) in [6.07, 6.45) is 3.63. The number of amides is 1. The van der Waals surface area contributed by atoms with E-state index >= 15 is 4.39 Å². The third-order valence-corrected chi connectivity index (χ3v) is 5.49. The molecule has 1 aromatic carbocycles. The minimum atomic E-state index is -0.880. The Morgan fingerprint density at radius 3 is 2.81 bits per heavy atom. The molecule has 10 heteroatoms. The lowest BCUT2D eigenvalue weighted by Crippen LogP contribution is -2.41. The fraction of sp³-hybridized carbons (Fsp3) is 0.136. The predicted octanol–water partition coefficient (Wildman–Crippen LogP) is 3.53. The van der Waals surface area contributed by atoms with Crippen LogP contribution in [0.3, 0.4) is 0 Å². The molecule has 0 unspecified atom stereocenters. The summed E-state index contributed by atoms with van der Waals surface area (Å²) in [5, 5.41) is 8.19. The van der Waals surface area contributed by atoms with Crippen molar-refractivity contribution in [3.8, 4) is 11.6 Å². The number of pyridine rings is 1. The smallest absolute Gasteiger partial charge is 0.312 e. The molecule has 0 fully saturated rings. The van der Waals surface area contributed by atoms with Crippen LogP contribution in [0.25, 0.3) is 22.6 Å². The van der Waals surface area contributed by atoms with E-state index < -0.39 is 17.8 Å². The first-order valence-corrected chi connectivity index (χ1v) is 9.95. The Kier molecular flexibility index (Phi) is 4.10. The molecular weight excluding hydrogens is 415 g/mol. The number of benzene rings is 1. The highest BCUT2D eigenvalue weighted by molar-refractivity contribution is 5.90. The van der Waals surface area contributed by atoms with Crippen molar-refractivity contribution in [2.75, 3.05) is 6.54 Å². The van der Waals surface area contributed by atoms with Crippen molar-refractivity contribution in [3.63, 3.8) is 0 Å². The topological polar surface area (TPSA) is 114 Å². The quantitative estimate of drug-likeness (QED) is 0.466. The summed E-state index contributed by atoms with van der Waals surface area (Å²) >= 11 is 0. The highest BCUT2D eigenvalue weighted by atomic mass is 19.1. The number of nitrogens with one attached hydrogen (secondary N) is 1. The summed E-state index contributed by atoms with van der Waals surface area (Å²) in [5.41, 5.74) is 2.18. The Labute approximate surface area is 179 Å². The molecule has 0 spiro atoms. The van der Waals surface area contributed by atoms with Gasteiger partial charge in [0.05, 0.1) is 17.4 Å². The van der Waals surface area contributed by atoms with Crippen LogP contribution in [-0.4, -0.2) is 42.5 Å². The monoisotopic (exact) mass is 430 g/mol.